The highest BCUT2D eigenvalue weighted by molar-refractivity contribution is 7.80. The number of anilines is 3. The number of hydrogen-bond donors (Lipinski definition) is 2. The van der Waals surface area contributed by atoms with Crippen molar-refractivity contribution in [1.82, 2.24) is 15.3 Å². The molecular weight excluding hydrogens is 392 g/mol. The molecule has 0 saturated carbocycles. The van der Waals surface area contributed by atoms with Crippen LogP contribution in [0.2, 0.25) is 0 Å². The van der Waals surface area contributed by atoms with Crippen molar-refractivity contribution in [3.8, 4) is 0 Å². The summed E-state index contributed by atoms with van der Waals surface area (Å²) in [4.78, 5) is 14.4. The number of aromatic nitrogens is 2. The number of nitrogens with zero attached hydrogens (tertiary/aromatic N) is 4. The minimum absolute atomic E-state index is 0.519. The predicted molar refractivity (Wildman–Crippen MR) is 128 cm³/mol. The van der Waals surface area contributed by atoms with E-state index >= 15 is 0 Å². The fourth-order valence-electron chi connectivity index (χ4n) is 4.14. The van der Waals surface area contributed by atoms with Gasteiger partial charge in [-0.05, 0) is 48.0 Å². The lowest BCUT2D eigenvalue weighted by Gasteiger charge is -2.32. The second-order valence-corrected chi connectivity index (χ2v) is 9.36. The van der Waals surface area contributed by atoms with Crippen LogP contribution in [0, 0.1) is 11.8 Å². The van der Waals surface area contributed by atoms with E-state index in [4.69, 9.17) is 22.2 Å². The summed E-state index contributed by atoms with van der Waals surface area (Å²) in [6.07, 6.45) is 2.48. The van der Waals surface area contributed by atoms with Gasteiger partial charge in [0.15, 0.2) is 5.11 Å². The topological polar surface area (TPSA) is 56.3 Å². The minimum atomic E-state index is 0.519. The molecule has 1 atom stereocenters. The molecule has 1 aromatic carbocycles. The molecule has 2 aromatic rings. The van der Waals surface area contributed by atoms with E-state index in [0.29, 0.717) is 22.9 Å². The smallest absolute Gasteiger partial charge is 0.232 e. The standard InChI is InChI=1S/C23H32N6S/c1-16(2)12-24-23(30)27-22-25-20(28-10-6-7-17(3)13-28)11-21(26-22)29-14-18-8-4-5-9-19(18)15-29/h4-5,8-9,11,16-17H,6-7,10,12-15H2,1-3H3,(H2,24,25,26,27,30)/t17-/m1/s1. The van der Waals surface area contributed by atoms with Gasteiger partial charge in [0, 0.05) is 38.8 Å². The van der Waals surface area contributed by atoms with Crippen molar-refractivity contribution >= 4 is 34.9 Å². The first-order chi connectivity index (χ1) is 14.5. The molecule has 160 valence electrons. The first kappa shape index (κ1) is 20.8. The van der Waals surface area contributed by atoms with Crippen molar-refractivity contribution in [2.45, 2.75) is 46.7 Å². The molecule has 4 rings (SSSR count). The molecule has 30 heavy (non-hydrogen) atoms. The molecule has 0 amide bonds. The largest absolute Gasteiger partial charge is 0.362 e. The summed E-state index contributed by atoms with van der Waals surface area (Å²) in [7, 11) is 0. The zero-order valence-electron chi connectivity index (χ0n) is 18.2. The molecule has 0 aliphatic carbocycles. The van der Waals surface area contributed by atoms with Gasteiger partial charge in [-0.1, -0.05) is 45.0 Å². The van der Waals surface area contributed by atoms with Crippen LogP contribution in [0.3, 0.4) is 0 Å². The zero-order valence-corrected chi connectivity index (χ0v) is 19.0. The number of benzene rings is 1. The van der Waals surface area contributed by atoms with Crippen LogP contribution in [0.1, 0.15) is 44.7 Å². The summed E-state index contributed by atoms with van der Waals surface area (Å²) in [6, 6.07) is 10.8. The van der Waals surface area contributed by atoms with E-state index in [-0.39, 0.29) is 0 Å². The summed E-state index contributed by atoms with van der Waals surface area (Å²) >= 11 is 5.48. The van der Waals surface area contributed by atoms with Crippen LogP contribution in [-0.2, 0) is 13.1 Å². The first-order valence-corrected chi connectivity index (χ1v) is 11.4. The lowest BCUT2D eigenvalue weighted by atomic mass is 10.0. The molecule has 2 aliphatic rings. The average Bonchev–Trinajstić information content (AvgIpc) is 3.16. The van der Waals surface area contributed by atoms with Gasteiger partial charge in [-0.3, -0.25) is 0 Å². The molecule has 7 heteroatoms. The summed E-state index contributed by atoms with van der Waals surface area (Å²) in [5.41, 5.74) is 2.74. The number of piperidine rings is 1. The summed E-state index contributed by atoms with van der Waals surface area (Å²) < 4.78 is 0. The van der Waals surface area contributed by atoms with Crippen molar-refractivity contribution in [2.75, 3.05) is 34.8 Å². The summed E-state index contributed by atoms with van der Waals surface area (Å²) in [6.45, 7) is 11.3. The van der Waals surface area contributed by atoms with Gasteiger partial charge >= 0.3 is 0 Å². The Bertz CT molecular complexity index is 874. The van der Waals surface area contributed by atoms with E-state index in [1.54, 1.807) is 0 Å². The molecule has 0 radical (unpaired) electrons. The Morgan fingerprint density at radius 2 is 1.80 bits per heavy atom. The van der Waals surface area contributed by atoms with Gasteiger partial charge in [0.25, 0.3) is 0 Å². The van der Waals surface area contributed by atoms with Crippen molar-refractivity contribution in [3.05, 3.63) is 41.5 Å². The van der Waals surface area contributed by atoms with Crippen LogP contribution in [0.5, 0.6) is 0 Å². The van der Waals surface area contributed by atoms with Gasteiger partial charge in [0.1, 0.15) is 11.6 Å². The Hall–Kier alpha value is -2.41. The Kier molecular flexibility index (Phi) is 6.37. The van der Waals surface area contributed by atoms with Crippen LogP contribution < -0.4 is 20.4 Å². The molecule has 1 aromatic heterocycles. The molecule has 3 heterocycles. The zero-order chi connectivity index (χ0) is 21.1. The van der Waals surface area contributed by atoms with Crippen molar-refractivity contribution in [2.24, 2.45) is 11.8 Å². The van der Waals surface area contributed by atoms with Gasteiger partial charge in [-0.25, -0.2) is 0 Å². The molecule has 6 nitrogen and oxygen atoms in total. The highest BCUT2D eigenvalue weighted by atomic mass is 32.1. The third-order valence-electron chi connectivity index (χ3n) is 5.74. The third kappa shape index (κ3) is 5.01. The predicted octanol–water partition coefficient (Wildman–Crippen LogP) is 4.18. The number of rotatable bonds is 5. The first-order valence-electron chi connectivity index (χ1n) is 11.0. The van der Waals surface area contributed by atoms with Gasteiger partial charge in [-0.2, -0.15) is 9.97 Å². The maximum Gasteiger partial charge on any atom is 0.232 e. The van der Waals surface area contributed by atoms with Crippen LogP contribution in [-0.4, -0.2) is 34.7 Å². The Labute approximate surface area is 185 Å². The SMILES string of the molecule is CC(C)CNC(=S)Nc1nc(N2Cc3ccccc3C2)cc(N2CCC[C@@H](C)C2)n1. The Balaban J connectivity index is 1.58. The van der Waals surface area contributed by atoms with Gasteiger partial charge < -0.3 is 20.4 Å². The van der Waals surface area contributed by atoms with Crippen molar-refractivity contribution < 1.29 is 0 Å². The molecule has 2 aliphatic heterocycles. The van der Waals surface area contributed by atoms with E-state index in [9.17, 15) is 0 Å². The molecule has 1 fully saturated rings. The second kappa shape index (κ2) is 9.16. The maximum atomic E-state index is 5.48. The van der Waals surface area contributed by atoms with Crippen LogP contribution in [0.15, 0.2) is 30.3 Å². The minimum Gasteiger partial charge on any atom is -0.362 e. The average molecular weight is 425 g/mol. The molecule has 0 spiro atoms. The molecular formula is C23H32N6S. The highest BCUT2D eigenvalue weighted by Gasteiger charge is 2.24. The molecule has 0 unspecified atom stereocenters. The quantitative estimate of drug-likeness (QED) is 0.699. The summed E-state index contributed by atoms with van der Waals surface area (Å²) in [5, 5.41) is 7.04. The van der Waals surface area contributed by atoms with Gasteiger partial charge in [-0.15, -0.1) is 0 Å². The van der Waals surface area contributed by atoms with E-state index in [0.717, 1.165) is 44.4 Å². The van der Waals surface area contributed by atoms with Gasteiger partial charge in [0.05, 0.1) is 0 Å². The van der Waals surface area contributed by atoms with Crippen LogP contribution in [0.25, 0.3) is 0 Å². The maximum absolute atomic E-state index is 5.48. The highest BCUT2D eigenvalue weighted by Crippen LogP contribution is 2.31. The Morgan fingerprint density at radius 1 is 1.13 bits per heavy atom. The van der Waals surface area contributed by atoms with Gasteiger partial charge in [0.2, 0.25) is 5.95 Å². The number of thiocarbonyl (C=S) groups is 1. The number of hydrogen-bond acceptors (Lipinski definition) is 5. The summed E-state index contributed by atoms with van der Waals surface area (Å²) in [5.74, 6) is 3.70. The normalized spacial score (nSPS) is 18.5. The number of nitrogens with one attached hydrogen (secondary N) is 2. The Morgan fingerprint density at radius 3 is 2.43 bits per heavy atom. The fourth-order valence-corrected chi connectivity index (χ4v) is 4.31. The molecule has 0 bridgehead atoms. The van der Waals surface area contributed by atoms with Crippen molar-refractivity contribution in [1.29, 1.82) is 0 Å². The van der Waals surface area contributed by atoms with E-state index in [2.05, 4.69) is 71.5 Å². The lowest BCUT2D eigenvalue weighted by molar-refractivity contribution is 0.444. The molecule has 2 N–H and O–H groups in total. The van der Waals surface area contributed by atoms with Crippen LogP contribution in [0.4, 0.5) is 17.6 Å². The van der Waals surface area contributed by atoms with E-state index < -0.39 is 0 Å². The molecule has 1 saturated heterocycles. The lowest BCUT2D eigenvalue weighted by Crippen LogP contribution is -2.36. The van der Waals surface area contributed by atoms with E-state index in [1.807, 2.05) is 0 Å². The third-order valence-corrected chi connectivity index (χ3v) is 5.99. The second-order valence-electron chi connectivity index (χ2n) is 8.96. The fraction of sp³-hybridized carbons (Fsp3) is 0.522. The van der Waals surface area contributed by atoms with Crippen LogP contribution >= 0.6 is 12.2 Å². The monoisotopic (exact) mass is 424 g/mol. The van der Waals surface area contributed by atoms with Crippen molar-refractivity contribution in [3.63, 3.8) is 0 Å². The van der Waals surface area contributed by atoms with E-state index in [1.165, 1.54) is 24.0 Å². The number of fused-ring (bicyclic) bond motifs is 1.